The summed E-state index contributed by atoms with van der Waals surface area (Å²) in [5, 5.41) is 2.91. The standard InChI is InChI=1S/C13H17N3O/c1-9-5-7-10(8-6-9)13(2)14-11(16(3)4)12(17)15-13/h5-8H,1-4H3,(H,15,17). The minimum absolute atomic E-state index is 0.127. The average molecular weight is 231 g/mol. The molecule has 1 aromatic carbocycles. The molecule has 4 heteroatoms. The lowest BCUT2D eigenvalue weighted by Crippen LogP contribution is -2.39. The highest BCUT2D eigenvalue weighted by molar-refractivity contribution is 6.39. The number of amides is 1. The summed E-state index contributed by atoms with van der Waals surface area (Å²) in [4.78, 5) is 18.0. The van der Waals surface area contributed by atoms with E-state index in [0.29, 0.717) is 5.84 Å². The largest absolute Gasteiger partial charge is 0.358 e. The molecule has 17 heavy (non-hydrogen) atoms. The first-order valence-electron chi connectivity index (χ1n) is 5.59. The molecule has 1 N–H and O–H groups in total. The van der Waals surface area contributed by atoms with Gasteiger partial charge in [-0.3, -0.25) is 4.79 Å². The third kappa shape index (κ3) is 2.02. The van der Waals surface area contributed by atoms with E-state index in [4.69, 9.17) is 0 Å². The van der Waals surface area contributed by atoms with Gasteiger partial charge in [0.1, 0.15) is 0 Å². The molecule has 0 saturated carbocycles. The number of likely N-dealkylation sites (N-methyl/N-ethyl adjacent to an activating group) is 1. The van der Waals surface area contributed by atoms with Crippen LogP contribution in [0.1, 0.15) is 18.1 Å². The summed E-state index contributed by atoms with van der Waals surface area (Å²) in [6.45, 7) is 3.94. The van der Waals surface area contributed by atoms with Gasteiger partial charge in [-0.05, 0) is 19.4 Å². The summed E-state index contributed by atoms with van der Waals surface area (Å²) in [5.74, 6) is 0.339. The number of amidine groups is 1. The number of hydrogen-bond donors (Lipinski definition) is 1. The molecule has 0 aromatic heterocycles. The van der Waals surface area contributed by atoms with Crippen LogP contribution in [0.15, 0.2) is 29.3 Å². The van der Waals surface area contributed by atoms with Gasteiger partial charge in [0.05, 0.1) is 0 Å². The normalized spacial score (nSPS) is 23.3. The van der Waals surface area contributed by atoms with Gasteiger partial charge in [-0.15, -0.1) is 0 Å². The fourth-order valence-electron chi connectivity index (χ4n) is 1.89. The van der Waals surface area contributed by atoms with Gasteiger partial charge in [0.2, 0.25) is 0 Å². The van der Waals surface area contributed by atoms with Crippen molar-refractivity contribution in [3.63, 3.8) is 0 Å². The first-order chi connectivity index (χ1) is 7.92. The highest BCUT2D eigenvalue weighted by Gasteiger charge is 2.37. The zero-order chi connectivity index (χ0) is 12.6. The van der Waals surface area contributed by atoms with Gasteiger partial charge >= 0.3 is 0 Å². The number of hydrogen-bond acceptors (Lipinski definition) is 3. The molecular weight excluding hydrogens is 214 g/mol. The van der Waals surface area contributed by atoms with Crippen LogP contribution in [0.3, 0.4) is 0 Å². The van der Waals surface area contributed by atoms with Crippen LogP contribution in [0.25, 0.3) is 0 Å². The Morgan fingerprint density at radius 2 is 1.82 bits per heavy atom. The predicted octanol–water partition coefficient (Wildman–Crippen LogP) is 1.26. The molecular formula is C13H17N3O. The van der Waals surface area contributed by atoms with Crippen molar-refractivity contribution in [2.24, 2.45) is 4.99 Å². The van der Waals surface area contributed by atoms with Crippen LogP contribution in [0.2, 0.25) is 0 Å². The molecule has 0 bridgehead atoms. The van der Waals surface area contributed by atoms with E-state index >= 15 is 0 Å². The van der Waals surface area contributed by atoms with E-state index in [9.17, 15) is 4.79 Å². The van der Waals surface area contributed by atoms with E-state index < -0.39 is 5.66 Å². The summed E-state index contributed by atoms with van der Waals surface area (Å²) < 4.78 is 0. The molecule has 0 saturated heterocycles. The lowest BCUT2D eigenvalue weighted by atomic mass is 10.0. The summed E-state index contributed by atoms with van der Waals surface area (Å²) in [7, 11) is 3.64. The topological polar surface area (TPSA) is 44.7 Å². The van der Waals surface area contributed by atoms with Crippen LogP contribution in [-0.2, 0) is 10.5 Å². The van der Waals surface area contributed by atoms with Crippen molar-refractivity contribution in [2.45, 2.75) is 19.5 Å². The number of carbonyl (C=O) groups is 1. The van der Waals surface area contributed by atoms with E-state index in [1.165, 1.54) is 5.56 Å². The number of rotatable bonds is 1. The van der Waals surface area contributed by atoms with Gasteiger partial charge in [0.15, 0.2) is 11.5 Å². The number of carbonyl (C=O) groups excluding carboxylic acids is 1. The van der Waals surface area contributed by atoms with Crippen LogP contribution < -0.4 is 5.32 Å². The first-order valence-corrected chi connectivity index (χ1v) is 5.59. The fourth-order valence-corrected chi connectivity index (χ4v) is 1.89. The summed E-state index contributed by atoms with van der Waals surface area (Å²) in [5.41, 5.74) is 1.54. The minimum Gasteiger partial charge on any atom is -0.358 e. The number of nitrogens with one attached hydrogen (secondary N) is 1. The molecule has 1 atom stereocenters. The SMILES string of the molecule is Cc1ccc(C2(C)N=C(N(C)C)C(=O)N2)cc1. The molecule has 1 unspecified atom stereocenters. The van der Waals surface area contributed by atoms with Crippen molar-refractivity contribution >= 4 is 11.7 Å². The Bertz CT molecular complexity index is 476. The second-order valence-electron chi connectivity index (χ2n) is 4.72. The first kappa shape index (κ1) is 11.6. The van der Waals surface area contributed by atoms with E-state index in [0.717, 1.165) is 5.56 Å². The second-order valence-corrected chi connectivity index (χ2v) is 4.72. The molecule has 90 valence electrons. The maximum Gasteiger partial charge on any atom is 0.288 e. The van der Waals surface area contributed by atoms with E-state index in [-0.39, 0.29) is 5.91 Å². The third-order valence-corrected chi connectivity index (χ3v) is 2.93. The lowest BCUT2D eigenvalue weighted by Gasteiger charge is -2.21. The summed E-state index contributed by atoms with van der Waals surface area (Å²) >= 11 is 0. The predicted molar refractivity (Wildman–Crippen MR) is 67.8 cm³/mol. The highest BCUT2D eigenvalue weighted by atomic mass is 16.2. The molecule has 1 aromatic rings. The molecule has 2 rings (SSSR count). The third-order valence-electron chi connectivity index (χ3n) is 2.93. The number of benzene rings is 1. The van der Waals surface area contributed by atoms with Crippen LogP contribution in [0.4, 0.5) is 0 Å². The van der Waals surface area contributed by atoms with Gasteiger partial charge in [-0.2, -0.15) is 0 Å². The van der Waals surface area contributed by atoms with Crippen molar-refractivity contribution in [3.8, 4) is 0 Å². The van der Waals surface area contributed by atoms with Crippen molar-refractivity contribution < 1.29 is 4.79 Å². The van der Waals surface area contributed by atoms with Crippen molar-refractivity contribution in [2.75, 3.05) is 14.1 Å². The lowest BCUT2D eigenvalue weighted by molar-refractivity contribution is -0.115. The molecule has 1 aliphatic rings. The van der Waals surface area contributed by atoms with Crippen molar-refractivity contribution in [1.82, 2.24) is 10.2 Å². The van der Waals surface area contributed by atoms with Crippen LogP contribution in [-0.4, -0.2) is 30.7 Å². The Labute approximate surface area is 101 Å². The van der Waals surface area contributed by atoms with Crippen molar-refractivity contribution in [3.05, 3.63) is 35.4 Å². The quantitative estimate of drug-likeness (QED) is 0.790. The monoisotopic (exact) mass is 231 g/mol. The van der Waals surface area contributed by atoms with Gasteiger partial charge in [-0.25, -0.2) is 4.99 Å². The molecule has 1 amide bonds. The average Bonchev–Trinajstić information content (AvgIpc) is 2.56. The van der Waals surface area contributed by atoms with Gasteiger partial charge in [-0.1, -0.05) is 29.8 Å². The maximum atomic E-state index is 11.8. The van der Waals surface area contributed by atoms with E-state index in [2.05, 4.69) is 10.3 Å². The Morgan fingerprint density at radius 1 is 1.24 bits per heavy atom. The van der Waals surface area contributed by atoms with Crippen LogP contribution >= 0.6 is 0 Å². The van der Waals surface area contributed by atoms with Crippen molar-refractivity contribution in [1.29, 1.82) is 0 Å². The van der Waals surface area contributed by atoms with Crippen LogP contribution in [0.5, 0.6) is 0 Å². The molecule has 0 fully saturated rings. The smallest absolute Gasteiger partial charge is 0.288 e. The number of aliphatic imine (C=N–C) groups is 1. The number of aryl methyl sites for hydroxylation is 1. The Morgan fingerprint density at radius 3 is 2.29 bits per heavy atom. The van der Waals surface area contributed by atoms with E-state index in [1.807, 2.05) is 52.2 Å². The molecule has 0 spiro atoms. The van der Waals surface area contributed by atoms with Crippen LogP contribution in [0, 0.1) is 6.92 Å². The second kappa shape index (κ2) is 3.87. The molecule has 1 aliphatic heterocycles. The van der Waals surface area contributed by atoms with E-state index in [1.54, 1.807) is 4.90 Å². The maximum absolute atomic E-state index is 11.8. The minimum atomic E-state index is -0.648. The highest BCUT2D eigenvalue weighted by Crippen LogP contribution is 2.26. The number of nitrogens with zero attached hydrogens (tertiary/aromatic N) is 2. The van der Waals surface area contributed by atoms with Gasteiger partial charge in [0, 0.05) is 14.1 Å². The molecule has 0 aliphatic carbocycles. The zero-order valence-electron chi connectivity index (χ0n) is 10.6. The molecule has 4 nitrogen and oxygen atoms in total. The molecule has 1 heterocycles. The van der Waals surface area contributed by atoms with Gasteiger partial charge in [0.25, 0.3) is 5.91 Å². The summed E-state index contributed by atoms with van der Waals surface area (Å²) in [6, 6.07) is 8.04. The summed E-state index contributed by atoms with van der Waals surface area (Å²) in [6.07, 6.45) is 0. The Kier molecular flexibility index (Phi) is 2.65. The molecule has 0 radical (unpaired) electrons. The fraction of sp³-hybridized carbons (Fsp3) is 0.385. The Balaban J connectivity index is 2.39. The van der Waals surface area contributed by atoms with Gasteiger partial charge < -0.3 is 10.2 Å². The zero-order valence-corrected chi connectivity index (χ0v) is 10.6. The Hall–Kier alpha value is -1.84.